The average Bonchev–Trinajstić information content (AvgIpc) is 2.47. The van der Waals surface area contributed by atoms with E-state index < -0.39 is 0 Å². The second-order valence-corrected chi connectivity index (χ2v) is 4.26. The standard InChI is InChI=1S/C14H30N2O4.2H2/c1-3-14(17)13-16-6-8-19-10-12-20-11-9-18-7-5-15-4-2;;/h15-16H,3-13H2,1-2H3;2*1H. The van der Waals surface area contributed by atoms with Crippen LogP contribution in [0, 0.1) is 0 Å². The highest BCUT2D eigenvalue weighted by atomic mass is 16.5. The Hall–Kier alpha value is -0.530. The van der Waals surface area contributed by atoms with Crippen LogP contribution in [0.4, 0.5) is 0 Å². The fraction of sp³-hybridized carbons (Fsp3) is 0.929. The molecule has 2 N–H and O–H groups in total. The van der Waals surface area contributed by atoms with Crippen LogP contribution >= 0.6 is 0 Å². The quantitative estimate of drug-likeness (QED) is 0.409. The van der Waals surface area contributed by atoms with Crippen LogP contribution in [0.2, 0.25) is 0 Å². The summed E-state index contributed by atoms with van der Waals surface area (Å²) in [6.07, 6.45) is 0.582. The monoisotopic (exact) mass is 294 g/mol. The first-order chi connectivity index (χ1) is 9.81. The third-order valence-electron chi connectivity index (χ3n) is 2.56. The molecule has 0 bridgehead atoms. The van der Waals surface area contributed by atoms with Crippen LogP contribution in [0.25, 0.3) is 0 Å². The Morgan fingerprint density at radius 1 is 0.850 bits per heavy atom. The number of hydrogen-bond acceptors (Lipinski definition) is 6. The number of Topliss-reactive ketones (excluding diaryl/α,β-unsaturated/α-hetero) is 1. The zero-order chi connectivity index (χ0) is 14.9. The van der Waals surface area contributed by atoms with E-state index in [1.807, 2.05) is 6.92 Å². The molecule has 0 aliphatic heterocycles. The number of nitrogens with one attached hydrogen (secondary N) is 2. The molecule has 0 saturated heterocycles. The van der Waals surface area contributed by atoms with Crippen molar-refractivity contribution in [2.45, 2.75) is 20.3 Å². The number of carbonyl (C=O) groups excluding carboxylic acids is 1. The first kappa shape index (κ1) is 19.5. The van der Waals surface area contributed by atoms with Gasteiger partial charge in [0.05, 0.1) is 46.2 Å². The summed E-state index contributed by atoms with van der Waals surface area (Å²) >= 11 is 0. The Labute approximate surface area is 125 Å². The van der Waals surface area contributed by atoms with Gasteiger partial charge in [-0.2, -0.15) is 0 Å². The smallest absolute Gasteiger partial charge is 0.146 e. The van der Waals surface area contributed by atoms with E-state index in [1.54, 1.807) is 0 Å². The third-order valence-corrected chi connectivity index (χ3v) is 2.56. The molecule has 6 nitrogen and oxygen atoms in total. The van der Waals surface area contributed by atoms with Crippen LogP contribution in [0.3, 0.4) is 0 Å². The van der Waals surface area contributed by atoms with Crippen LogP contribution in [0.5, 0.6) is 0 Å². The summed E-state index contributed by atoms with van der Waals surface area (Å²) in [5, 5.41) is 6.21. The maximum Gasteiger partial charge on any atom is 0.146 e. The third kappa shape index (κ3) is 15.5. The molecule has 124 valence electrons. The summed E-state index contributed by atoms with van der Waals surface area (Å²) in [4.78, 5) is 11.0. The van der Waals surface area contributed by atoms with E-state index in [0.29, 0.717) is 52.5 Å². The van der Waals surface area contributed by atoms with Gasteiger partial charge in [0.15, 0.2) is 0 Å². The van der Waals surface area contributed by atoms with E-state index in [1.165, 1.54) is 0 Å². The second-order valence-electron chi connectivity index (χ2n) is 4.26. The van der Waals surface area contributed by atoms with Gasteiger partial charge < -0.3 is 24.8 Å². The molecular formula is C14H34N2O4. The van der Waals surface area contributed by atoms with E-state index in [2.05, 4.69) is 17.6 Å². The average molecular weight is 294 g/mol. The van der Waals surface area contributed by atoms with E-state index in [4.69, 9.17) is 14.2 Å². The molecule has 0 atom stereocenters. The second kappa shape index (κ2) is 16.5. The molecule has 0 aromatic heterocycles. The molecule has 6 heteroatoms. The largest absolute Gasteiger partial charge is 0.378 e. The highest BCUT2D eigenvalue weighted by Crippen LogP contribution is 1.81. The van der Waals surface area contributed by atoms with E-state index >= 15 is 0 Å². The van der Waals surface area contributed by atoms with Gasteiger partial charge in [-0.25, -0.2) is 0 Å². The lowest BCUT2D eigenvalue weighted by molar-refractivity contribution is -0.117. The van der Waals surface area contributed by atoms with Crippen LogP contribution in [0.1, 0.15) is 23.1 Å². The van der Waals surface area contributed by atoms with Crippen molar-refractivity contribution in [3.05, 3.63) is 0 Å². The minimum absolute atomic E-state index is 0. The Morgan fingerprint density at radius 2 is 1.35 bits per heavy atom. The van der Waals surface area contributed by atoms with Crippen molar-refractivity contribution in [1.82, 2.24) is 10.6 Å². The maximum atomic E-state index is 11.0. The number of ether oxygens (including phenoxy) is 3. The van der Waals surface area contributed by atoms with Gasteiger partial charge in [-0.1, -0.05) is 13.8 Å². The minimum Gasteiger partial charge on any atom is -0.378 e. The normalized spacial score (nSPS) is 10.9. The number of hydrogen-bond donors (Lipinski definition) is 2. The van der Waals surface area contributed by atoms with Crippen molar-refractivity contribution in [1.29, 1.82) is 0 Å². The van der Waals surface area contributed by atoms with Crippen molar-refractivity contribution < 1.29 is 21.9 Å². The Bertz CT molecular complexity index is 225. The highest BCUT2D eigenvalue weighted by Gasteiger charge is 1.96. The molecule has 0 unspecified atom stereocenters. The summed E-state index contributed by atoms with van der Waals surface area (Å²) in [6.45, 7) is 10.6. The predicted octanol–water partition coefficient (Wildman–Crippen LogP) is 0.706. The number of carbonyl (C=O) groups is 1. The lowest BCUT2D eigenvalue weighted by Gasteiger charge is -2.07. The SMILES string of the molecule is CCNCCOCCOCCOCCNCC(=O)CC.[HH].[HH]. The number of rotatable bonds is 16. The molecule has 0 radical (unpaired) electrons. The van der Waals surface area contributed by atoms with Gasteiger partial charge in [0, 0.05) is 22.4 Å². The summed E-state index contributed by atoms with van der Waals surface area (Å²) < 4.78 is 16.1. The van der Waals surface area contributed by atoms with Gasteiger partial charge in [-0.15, -0.1) is 0 Å². The number of ketones is 1. The van der Waals surface area contributed by atoms with Gasteiger partial charge in [0.1, 0.15) is 5.78 Å². The first-order valence-corrected chi connectivity index (χ1v) is 7.47. The molecule has 0 aliphatic carbocycles. The van der Waals surface area contributed by atoms with Crippen molar-refractivity contribution in [2.24, 2.45) is 0 Å². The van der Waals surface area contributed by atoms with Gasteiger partial charge in [0.2, 0.25) is 0 Å². The van der Waals surface area contributed by atoms with Gasteiger partial charge in [-0.3, -0.25) is 4.79 Å². The molecule has 0 aliphatic rings. The van der Waals surface area contributed by atoms with E-state index in [9.17, 15) is 4.79 Å². The Kier molecular flexibility index (Phi) is 16.1. The minimum atomic E-state index is 0. The molecule has 0 heterocycles. The molecular weight excluding hydrogens is 260 g/mol. The number of likely N-dealkylation sites (N-methyl/N-ethyl adjacent to an activating group) is 1. The van der Waals surface area contributed by atoms with E-state index in [0.717, 1.165) is 19.7 Å². The predicted molar refractivity (Wildman–Crippen MR) is 83.4 cm³/mol. The molecule has 0 aromatic rings. The fourth-order valence-electron chi connectivity index (χ4n) is 1.36. The zero-order valence-corrected chi connectivity index (χ0v) is 12.9. The van der Waals surface area contributed by atoms with Gasteiger partial charge in [-0.05, 0) is 6.54 Å². The van der Waals surface area contributed by atoms with Crippen molar-refractivity contribution in [3.63, 3.8) is 0 Å². The van der Waals surface area contributed by atoms with Crippen LogP contribution < -0.4 is 10.6 Å². The molecule has 0 rings (SSSR count). The molecule has 20 heavy (non-hydrogen) atoms. The highest BCUT2D eigenvalue weighted by molar-refractivity contribution is 5.80. The first-order valence-electron chi connectivity index (χ1n) is 7.47. The molecule has 0 amide bonds. The fourth-order valence-corrected chi connectivity index (χ4v) is 1.36. The van der Waals surface area contributed by atoms with Crippen molar-refractivity contribution in [2.75, 3.05) is 65.8 Å². The Morgan fingerprint density at radius 3 is 1.85 bits per heavy atom. The molecule has 0 spiro atoms. The summed E-state index contributed by atoms with van der Waals surface area (Å²) in [7, 11) is 0. The van der Waals surface area contributed by atoms with Crippen LogP contribution in [-0.2, 0) is 19.0 Å². The van der Waals surface area contributed by atoms with Gasteiger partial charge >= 0.3 is 0 Å². The maximum absolute atomic E-state index is 11.0. The summed E-state index contributed by atoms with van der Waals surface area (Å²) in [6, 6.07) is 0. The van der Waals surface area contributed by atoms with Crippen molar-refractivity contribution >= 4 is 5.78 Å². The van der Waals surface area contributed by atoms with E-state index in [-0.39, 0.29) is 8.64 Å². The summed E-state index contributed by atoms with van der Waals surface area (Å²) in [5.41, 5.74) is 0. The van der Waals surface area contributed by atoms with Gasteiger partial charge in [0.25, 0.3) is 0 Å². The molecule has 0 aromatic carbocycles. The summed E-state index contributed by atoms with van der Waals surface area (Å²) in [5.74, 6) is 0.225. The van der Waals surface area contributed by atoms with Crippen LogP contribution in [0.15, 0.2) is 0 Å². The van der Waals surface area contributed by atoms with Crippen LogP contribution in [-0.4, -0.2) is 71.6 Å². The molecule has 0 saturated carbocycles. The Balaban J connectivity index is -0.00000180. The lowest BCUT2D eigenvalue weighted by Crippen LogP contribution is -2.26. The lowest BCUT2D eigenvalue weighted by atomic mass is 10.3. The van der Waals surface area contributed by atoms with Crippen molar-refractivity contribution in [3.8, 4) is 0 Å². The molecule has 0 fully saturated rings. The topological polar surface area (TPSA) is 68.8 Å². The zero-order valence-electron chi connectivity index (χ0n) is 12.9.